The Bertz CT molecular complexity index is 751. The van der Waals surface area contributed by atoms with E-state index in [4.69, 9.17) is 0 Å². The van der Waals surface area contributed by atoms with Crippen molar-refractivity contribution >= 4 is 11.8 Å². The van der Waals surface area contributed by atoms with Crippen LogP contribution in [0.15, 0.2) is 29.8 Å². The average Bonchev–Trinajstić information content (AvgIpc) is 2.88. The van der Waals surface area contributed by atoms with Crippen LogP contribution in [-0.2, 0) is 25.7 Å². The number of hydrogen-bond acceptors (Lipinski definition) is 1. The van der Waals surface area contributed by atoms with Crippen molar-refractivity contribution in [1.82, 2.24) is 4.98 Å². The van der Waals surface area contributed by atoms with Crippen molar-refractivity contribution in [3.8, 4) is 0 Å². The molecule has 5 rings (SSSR count). The van der Waals surface area contributed by atoms with Crippen LogP contribution >= 0.6 is 0 Å². The van der Waals surface area contributed by atoms with Crippen LogP contribution in [0.4, 0.5) is 5.69 Å². The molecular formula is C19H20N2. The fraction of sp³-hybridized carbons (Fsp3) is 0.368. The summed E-state index contributed by atoms with van der Waals surface area (Å²) in [5.41, 5.74) is 10.4. The molecule has 1 aromatic heterocycles. The number of rotatable bonds is 0. The van der Waals surface area contributed by atoms with Gasteiger partial charge in [0, 0.05) is 17.1 Å². The minimum atomic E-state index is 0.495. The van der Waals surface area contributed by atoms with Crippen molar-refractivity contribution in [2.45, 2.75) is 44.6 Å². The van der Waals surface area contributed by atoms with E-state index in [-0.39, 0.29) is 0 Å². The number of aromatic amines is 1. The maximum Gasteiger partial charge on any atom is 0.0522 e. The number of aryl methyl sites for hydroxylation is 1. The van der Waals surface area contributed by atoms with Crippen LogP contribution < -0.4 is 5.32 Å². The normalized spacial score (nSPS) is 22.3. The molecule has 21 heavy (non-hydrogen) atoms. The van der Waals surface area contributed by atoms with Gasteiger partial charge in [-0.2, -0.15) is 0 Å². The van der Waals surface area contributed by atoms with E-state index in [0.29, 0.717) is 6.04 Å². The van der Waals surface area contributed by atoms with E-state index in [2.05, 4.69) is 40.6 Å². The largest absolute Gasteiger partial charge is 0.378 e. The summed E-state index contributed by atoms with van der Waals surface area (Å²) in [6.45, 7) is 0. The summed E-state index contributed by atoms with van der Waals surface area (Å²) in [6, 6.07) is 9.23. The molecule has 0 bridgehead atoms. The molecule has 1 aliphatic heterocycles. The molecular weight excluding hydrogens is 256 g/mol. The number of benzene rings is 1. The van der Waals surface area contributed by atoms with Crippen molar-refractivity contribution in [2.24, 2.45) is 0 Å². The predicted octanol–water partition coefficient (Wildman–Crippen LogP) is 3.87. The standard InChI is InChI=1S/C19H20N2/c1-3-7-16-12(5-1)9-13-10-19-15(11-18(13)20-16)14-6-2-4-8-17(14)21-19/h1,3,5,7,10,18,20-21H,2,4,6,8-9,11H2. The second-order valence-corrected chi connectivity index (χ2v) is 6.64. The Balaban J connectivity index is 1.59. The van der Waals surface area contributed by atoms with E-state index < -0.39 is 0 Å². The molecule has 1 unspecified atom stereocenters. The first-order valence-electron chi connectivity index (χ1n) is 8.16. The fourth-order valence-corrected chi connectivity index (χ4v) is 4.30. The number of H-pyrrole nitrogens is 1. The zero-order valence-electron chi connectivity index (χ0n) is 12.2. The molecule has 1 aromatic carbocycles. The van der Waals surface area contributed by atoms with Crippen LogP contribution in [-0.4, -0.2) is 11.0 Å². The van der Waals surface area contributed by atoms with Crippen LogP contribution in [0.5, 0.6) is 0 Å². The first kappa shape index (κ1) is 11.7. The number of aromatic nitrogens is 1. The predicted molar refractivity (Wildman–Crippen MR) is 86.7 cm³/mol. The monoisotopic (exact) mass is 276 g/mol. The van der Waals surface area contributed by atoms with Crippen LogP contribution in [0.2, 0.25) is 0 Å². The Kier molecular flexibility index (Phi) is 2.37. The lowest BCUT2D eigenvalue weighted by molar-refractivity contribution is 0.669. The van der Waals surface area contributed by atoms with E-state index in [1.54, 1.807) is 16.7 Å². The van der Waals surface area contributed by atoms with Gasteiger partial charge in [-0.25, -0.2) is 0 Å². The Morgan fingerprint density at radius 1 is 1.00 bits per heavy atom. The van der Waals surface area contributed by atoms with Gasteiger partial charge in [-0.3, -0.25) is 0 Å². The minimum absolute atomic E-state index is 0.495. The highest BCUT2D eigenvalue weighted by Gasteiger charge is 2.30. The van der Waals surface area contributed by atoms with Gasteiger partial charge in [0.25, 0.3) is 0 Å². The highest BCUT2D eigenvalue weighted by molar-refractivity contribution is 5.69. The maximum atomic E-state index is 3.75. The van der Waals surface area contributed by atoms with Gasteiger partial charge in [-0.1, -0.05) is 18.2 Å². The van der Waals surface area contributed by atoms with Gasteiger partial charge in [-0.15, -0.1) is 0 Å². The van der Waals surface area contributed by atoms with Gasteiger partial charge in [0.1, 0.15) is 0 Å². The van der Waals surface area contributed by atoms with Crippen LogP contribution in [0.3, 0.4) is 0 Å². The molecule has 1 atom stereocenters. The lowest BCUT2D eigenvalue weighted by atomic mass is 9.82. The zero-order valence-corrected chi connectivity index (χ0v) is 12.2. The summed E-state index contributed by atoms with van der Waals surface area (Å²) >= 11 is 0. The van der Waals surface area contributed by atoms with Crippen LogP contribution in [0, 0.1) is 0 Å². The highest BCUT2D eigenvalue weighted by Crippen LogP contribution is 2.38. The number of hydrogen-bond donors (Lipinski definition) is 2. The van der Waals surface area contributed by atoms with Crippen molar-refractivity contribution in [1.29, 1.82) is 0 Å². The summed E-state index contributed by atoms with van der Waals surface area (Å²) in [5, 5.41) is 3.75. The second kappa shape index (κ2) is 4.27. The van der Waals surface area contributed by atoms with Gasteiger partial charge in [0.05, 0.1) is 6.04 Å². The van der Waals surface area contributed by atoms with Gasteiger partial charge in [0.15, 0.2) is 0 Å². The molecule has 106 valence electrons. The molecule has 2 nitrogen and oxygen atoms in total. The third-order valence-electron chi connectivity index (χ3n) is 5.37. The number of nitrogens with one attached hydrogen (secondary N) is 2. The van der Waals surface area contributed by atoms with Gasteiger partial charge in [-0.05, 0) is 72.9 Å². The maximum absolute atomic E-state index is 3.75. The Morgan fingerprint density at radius 2 is 1.90 bits per heavy atom. The summed E-state index contributed by atoms with van der Waals surface area (Å²) in [5.74, 6) is 0. The lowest BCUT2D eigenvalue weighted by Crippen LogP contribution is -2.32. The SMILES string of the molecule is C1=C2Cc3ccccc3NC2Cc2c1[nH]c1c2CCCC1. The quantitative estimate of drug-likeness (QED) is 0.751. The summed E-state index contributed by atoms with van der Waals surface area (Å²) in [6.07, 6.45) is 9.88. The summed E-state index contributed by atoms with van der Waals surface area (Å²) in [7, 11) is 0. The lowest BCUT2D eigenvalue weighted by Gasteiger charge is -2.33. The molecule has 2 aliphatic carbocycles. The average molecular weight is 276 g/mol. The molecule has 0 amide bonds. The highest BCUT2D eigenvalue weighted by atomic mass is 14.9. The first-order valence-corrected chi connectivity index (χ1v) is 8.16. The number of anilines is 1. The molecule has 0 fully saturated rings. The fourth-order valence-electron chi connectivity index (χ4n) is 4.30. The molecule has 0 saturated carbocycles. The molecule has 0 spiro atoms. The third kappa shape index (κ3) is 1.71. The molecule has 2 N–H and O–H groups in total. The Labute approximate surface area is 125 Å². The molecule has 0 radical (unpaired) electrons. The third-order valence-corrected chi connectivity index (χ3v) is 5.37. The topological polar surface area (TPSA) is 27.8 Å². The number of fused-ring (bicyclic) bond motifs is 5. The van der Waals surface area contributed by atoms with Crippen LogP contribution in [0.25, 0.3) is 6.08 Å². The second-order valence-electron chi connectivity index (χ2n) is 6.64. The van der Waals surface area contributed by atoms with Gasteiger partial charge >= 0.3 is 0 Å². The van der Waals surface area contributed by atoms with Crippen molar-refractivity contribution in [2.75, 3.05) is 5.32 Å². The van der Waals surface area contributed by atoms with Crippen molar-refractivity contribution in [3.05, 3.63) is 57.9 Å². The van der Waals surface area contributed by atoms with E-state index >= 15 is 0 Å². The first-order chi connectivity index (χ1) is 10.4. The molecule has 0 saturated heterocycles. The van der Waals surface area contributed by atoms with Gasteiger partial charge < -0.3 is 10.3 Å². The van der Waals surface area contributed by atoms with E-state index in [1.807, 2.05) is 0 Å². The van der Waals surface area contributed by atoms with E-state index in [9.17, 15) is 0 Å². The Hall–Kier alpha value is -1.96. The van der Waals surface area contributed by atoms with E-state index in [1.165, 1.54) is 48.3 Å². The summed E-state index contributed by atoms with van der Waals surface area (Å²) in [4.78, 5) is 3.71. The molecule has 2 heterocycles. The molecule has 3 aliphatic rings. The van der Waals surface area contributed by atoms with Crippen LogP contribution in [0.1, 0.15) is 40.9 Å². The molecule has 2 heteroatoms. The smallest absolute Gasteiger partial charge is 0.0522 e. The Morgan fingerprint density at radius 3 is 2.90 bits per heavy atom. The van der Waals surface area contributed by atoms with Gasteiger partial charge in [0.2, 0.25) is 0 Å². The van der Waals surface area contributed by atoms with Crippen molar-refractivity contribution < 1.29 is 0 Å². The minimum Gasteiger partial charge on any atom is -0.378 e. The molecule has 2 aromatic rings. The zero-order chi connectivity index (χ0) is 13.8. The van der Waals surface area contributed by atoms with E-state index in [0.717, 1.165) is 12.8 Å². The van der Waals surface area contributed by atoms with Crippen molar-refractivity contribution in [3.63, 3.8) is 0 Å². The summed E-state index contributed by atoms with van der Waals surface area (Å²) < 4.78 is 0. The number of para-hydroxylation sites is 1.